The summed E-state index contributed by atoms with van der Waals surface area (Å²) in [4.78, 5) is 2.40. The van der Waals surface area contributed by atoms with Crippen LogP contribution < -0.4 is 5.32 Å². The van der Waals surface area contributed by atoms with Crippen molar-refractivity contribution in [2.75, 3.05) is 38.2 Å². The summed E-state index contributed by atoms with van der Waals surface area (Å²) >= 11 is 0. The third-order valence-corrected chi connectivity index (χ3v) is 4.65. The zero-order valence-electron chi connectivity index (χ0n) is 12.9. The Morgan fingerprint density at radius 2 is 1.79 bits per heavy atom. The number of sulfone groups is 1. The molecular weight excluding hydrogens is 260 g/mol. The van der Waals surface area contributed by atoms with E-state index in [1.54, 1.807) is 0 Å². The van der Waals surface area contributed by atoms with Crippen LogP contribution in [0.4, 0.5) is 0 Å². The van der Waals surface area contributed by atoms with Gasteiger partial charge in [0, 0.05) is 11.8 Å². The molecule has 0 atom stereocenters. The molecule has 0 radical (unpaired) electrons. The first-order valence-electron chi connectivity index (χ1n) is 7.31. The summed E-state index contributed by atoms with van der Waals surface area (Å²) in [5.74, 6) is 1.09. The molecule has 0 spiro atoms. The van der Waals surface area contributed by atoms with E-state index in [1.165, 1.54) is 19.1 Å². The number of hydrogen-bond acceptors (Lipinski definition) is 4. The van der Waals surface area contributed by atoms with Crippen LogP contribution in [-0.4, -0.2) is 57.0 Å². The van der Waals surface area contributed by atoms with E-state index in [4.69, 9.17) is 0 Å². The van der Waals surface area contributed by atoms with Gasteiger partial charge in [-0.15, -0.1) is 0 Å². The van der Waals surface area contributed by atoms with Crippen molar-refractivity contribution >= 4 is 9.84 Å². The summed E-state index contributed by atoms with van der Waals surface area (Å²) in [5.41, 5.74) is 0.201. The summed E-state index contributed by atoms with van der Waals surface area (Å²) in [5, 5.41) is 3.57. The maximum atomic E-state index is 11.1. The second-order valence-electron chi connectivity index (χ2n) is 6.90. The van der Waals surface area contributed by atoms with E-state index in [-0.39, 0.29) is 5.54 Å². The number of piperidine rings is 1. The molecule has 0 aromatic carbocycles. The Balaban J connectivity index is 2.15. The molecule has 0 saturated carbocycles. The standard InChI is InChI=1S/C14H30N2O2S/c1-14(2,3)15-12-13-6-9-16(10-7-13)8-5-11-19(4,17)18/h13,15H,5-12H2,1-4H3. The Bertz CT molecular complexity index is 352. The van der Waals surface area contributed by atoms with Crippen molar-refractivity contribution in [2.24, 2.45) is 5.92 Å². The number of nitrogens with one attached hydrogen (secondary N) is 1. The highest BCUT2D eigenvalue weighted by atomic mass is 32.2. The summed E-state index contributed by atoms with van der Waals surface area (Å²) < 4.78 is 22.2. The molecule has 0 aliphatic carbocycles. The van der Waals surface area contributed by atoms with Crippen molar-refractivity contribution in [3.05, 3.63) is 0 Å². The van der Waals surface area contributed by atoms with Crippen LogP contribution in [0.15, 0.2) is 0 Å². The summed E-state index contributed by atoms with van der Waals surface area (Å²) in [6.07, 6.45) is 4.53. The largest absolute Gasteiger partial charge is 0.312 e. The minimum Gasteiger partial charge on any atom is -0.312 e. The fourth-order valence-corrected chi connectivity index (χ4v) is 3.07. The van der Waals surface area contributed by atoms with E-state index in [0.29, 0.717) is 5.75 Å². The van der Waals surface area contributed by atoms with Crippen LogP contribution >= 0.6 is 0 Å². The Hall–Kier alpha value is -0.130. The molecule has 5 heteroatoms. The number of rotatable bonds is 6. The van der Waals surface area contributed by atoms with E-state index in [1.807, 2.05) is 0 Å². The molecule has 1 N–H and O–H groups in total. The lowest BCUT2D eigenvalue weighted by Gasteiger charge is -2.33. The van der Waals surface area contributed by atoms with Gasteiger partial charge in [-0.3, -0.25) is 0 Å². The third kappa shape index (κ3) is 8.60. The van der Waals surface area contributed by atoms with Gasteiger partial charge in [0.25, 0.3) is 0 Å². The highest BCUT2D eigenvalue weighted by Gasteiger charge is 2.20. The van der Waals surface area contributed by atoms with Gasteiger partial charge in [-0.2, -0.15) is 0 Å². The minimum absolute atomic E-state index is 0.201. The van der Waals surface area contributed by atoms with E-state index < -0.39 is 9.84 Å². The molecule has 1 aliphatic rings. The van der Waals surface area contributed by atoms with Crippen molar-refractivity contribution in [3.8, 4) is 0 Å². The Morgan fingerprint density at radius 1 is 1.21 bits per heavy atom. The molecule has 4 nitrogen and oxygen atoms in total. The fraction of sp³-hybridized carbons (Fsp3) is 1.00. The quantitative estimate of drug-likeness (QED) is 0.806. The normalized spacial score (nSPS) is 19.8. The second-order valence-corrected chi connectivity index (χ2v) is 9.16. The predicted molar refractivity (Wildman–Crippen MR) is 81.2 cm³/mol. The van der Waals surface area contributed by atoms with Gasteiger partial charge in [0.2, 0.25) is 0 Å². The molecule has 1 saturated heterocycles. The molecule has 0 amide bonds. The molecule has 114 valence electrons. The van der Waals surface area contributed by atoms with Gasteiger partial charge in [0.1, 0.15) is 9.84 Å². The molecule has 1 rings (SSSR count). The zero-order valence-corrected chi connectivity index (χ0v) is 13.7. The van der Waals surface area contributed by atoms with Crippen molar-refractivity contribution in [3.63, 3.8) is 0 Å². The average Bonchev–Trinajstić information content (AvgIpc) is 2.25. The van der Waals surface area contributed by atoms with E-state index >= 15 is 0 Å². The van der Waals surface area contributed by atoms with Crippen molar-refractivity contribution < 1.29 is 8.42 Å². The number of nitrogens with zero attached hydrogens (tertiary/aromatic N) is 1. The van der Waals surface area contributed by atoms with E-state index in [2.05, 4.69) is 31.0 Å². The van der Waals surface area contributed by atoms with Gasteiger partial charge in [0.05, 0.1) is 5.75 Å². The summed E-state index contributed by atoms with van der Waals surface area (Å²) in [7, 11) is -2.80. The first-order valence-corrected chi connectivity index (χ1v) is 9.37. The second kappa shape index (κ2) is 7.04. The van der Waals surface area contributed by atoms with Crippen LogP contribution in [0.2, 0.25) is 0 Å². The van der Waals surface area contributed by atoms with Crippen LogP contribution in [0.1, 0.15) is 40.0 Å². The molecule has 0 bridgehead atoms. The first kappa shape index (κ1) is 16.9. The van der Waals surface area contributed by atoms with Gasteiger partial charge in [-0.1, -0.05) is 0 Å². The van der Waals surface area contributed by atoms with Crippen LogP contribution in [0.3, 0.4) is 0 Å². The highest BCUT2D eigenvalue weighted by Crippen LogP contribution is 2.17. The molecule has 1 aliphatic heterocycles. The highest BCUT2D eigenvalue weighted by molar-refractivity contribution is 7.90. The van der Waals surface area contributed by atoms with Crippen molar-refractivity contribution in [1.82, 2.24) is 10.2 Å². The SMILES string of the molecule is CC(C)(C)NCC1CCN(CCCS(C)(=O)=O)CC1. The number of hydrogen-bond donors (Lipinski definition) is 1. The summed E-state index contributed by atoms with van der Waals surface area (Å²) in [6.45, 7) is 10.8. The molecule has 1 heterocycles. The van der Waals surface area contributed by atoms with Gasteiger partial charge < -0.3 is 10.2 Å². The van der Waals surface area contributed by atoms with Gasteiger partial charge in [0.15, 0.2) is 0 Å². The number of likely N-dealkylation sites (tertiary alicyclic amines) is 1. The van der Waals surface area contributed by atoms with E-state index in [9.17, 15) is 8.42 Å². The summed E-state index contributed by atoms with van der Waals surface area (Å²) in [6, 6.07) is 0. The van der Waals surface area contributed by atoms with Crippen LogP contribution in [0.25, 0.3) is 0 Å². The Kier molecular flexibility index (Phi) is 6.27. The third-order valence-electron chi connectivity index (χ3n) is 3.62. The average molecular weight is 290 g/mol. The monoisotopic (exact) mass is 290 g/mol. The molecule has 1 fully saturated rings. The van der Waals surface area contributed by atoms with Gasteiger partial charge in [-0.05, 0) is 72.1 Å². The van der Waals surface area contributed by atoms with Crippen molar-refractivity contribution in [2.45, 2.75) is 45.6 Å². The molecule has 0 aromatic heterocycles. The maximum absolute atomic E-state index is 11.1. The van der Waals surface area contributed by atoms with Gasteiger partial charge >= 0.3 is 0 Å². The van der Waals surface area contributed by atoms with Crippen LogP contribution in [-0.2, 0) is 9.84 Å². The Labute approximate surface area is 118 Å². The molecular formula is C14H30N2O2S. The molecule has 19 heavy (non-hydrogen) atoms. The fourth-order valence-electron chi connectivity index (χ4n) is 2.42. The molecule has 0 unspecified atom stereocenters. The smallest absolute Gasteiger partial charge is 0.147 e. The molecule has 0 aromatic rings. The lowest BCUT2D eigenvalue weighted by atomic mass is 9.95. The lowest BCUT2D eigenvalue weighted by Crippen LogP contribution is -2.43. The van der Waals surface area contributed by atoms with Crippen LogP contribution in [0, 0.1) is 5.92 Å². The van der Waals surface area contributed by atoms with Crippen molar-refractivity contribution in [1.29, 1.82) is 0 Å². The van der Waals surface area contributed by atoms with E-state index in [0.717, 1.165) is 38.5 Å². The Morgan fingerprint density at radius 3 is 2.26 bits per heavy atom. The van der Waals surface area contributed by atoms with Crippen LogP contribution in [0.5, 0.6) is 0 Å². The minimum atomic E-state index is -2.80. The van der Waals surface area contributed by atoms with Gasteiger partial charge in [-0.25, -0.2) is 8.42 Å². The lowest BCUT2D eigenvalue weighted by molar-refractivity contribution is 0.177. The zero-order chi connectivity index (χ0) is 14.5. The maximum Gasteiger partial charge on any atom is 0.147 e. The predicted octanol–water partition coefficient (Wildman–Crippen LogP) is 1.52. The first-order chi connectivity index (χ1) is 8.66. The topological polar surface area (TPSA) is 49.4 Å².